The average molecular weight is 202 g/mol. The molecule has 0 aromatic rings. The van der Waals surface area contributed by atoms with E-state index in [9.17, 15) is 0 Å². The van der Waals surface area contributed by atoms with Gasteiger partial charge in [-0.3, -0.25) is 0 Å². The summed E-state index contributed by atoms with van der Waals surface area (Å²) in [7, 11) is 0. The van der Waals surface area contributed by atoms with Gasteiger partial charge in [0.15, 0.2) is 5.79 Å². The first-order chi connectivity index (χ1) is 6.85. The van der Waals surface area contributed by atoms with Crippen LogP contribution in [-0.2, 0) is 14.2 Å². The zero-order chi connectivity index (χ0) is 9.86. The maximum absolute atomic E-state index is 8.75. The van der Waals surface area contributed by atoms with Crippen LogP contribution in [0.4, 0.5) is 0 Å². The van der Waals surface area contributed by atoms with Gasteiger partial charge in [0.05, 0.1) is 32.5 Å². The Balaban J connectivity index is 1.86. The zero-order valence-corrected chi connectivity index (χ0v) is 8.41. The number of hydrogen-bond donors (Lipinski definition) is 1. The molecule has 4 heteroatoms. The Morgan fingerprint density at radius 1 is 1.43 bits per heavy atom. The van der Waals surface area contributed by atoms with E-state index in [1.54, 1.807) is 0 Å². The van der Waals surface area contributed by atoms with Crippen LogP contribution < -0.4 is 0 Å². The number of ether oxygens (including phenoxy) is 3. The molecule has 0 saturated carbocycles. The Kier molecular flexibility index (Phi) is 3.38. The van der Waals surface area contributed by atoms with Crippen LogP contribution in [0.15, 0.2) is 0 Å². The predicted octanol–water partition coefficient (Wildman–Crippen LogP) is 0.681. The van der Waals surface area contributed by atoms with Crippen LogP contribution in [0.2, 0.25) is 0 Å². The second-order valence-electron chi connectivity index (χ2n) is 3.95. The van der Waals surface area contributed by atoms with Crippen molar-refractivity contribution >= 4 is 0 Å². The van der Waals surface area contributed by atoms with Crippen molar-refractivity contribution in [2.24, 2.45) is 0 Å². The first kappa shape index (κ1) is 10.4. The molecule has 0 amide bonds. The number of epoxide rings is 1. The maximum atomic E-state index is 8.75. The average Bonchev–Trinajstić information content (AvgIpc) is 3.00. The highest BCUT2D eigenvalue weighted by Gasteiger charge is 2.40. The Morgan fingerprint density at radius 3 is 2.86 bits per heavy atom. The molecule has 0 bridgehead atoms. The largest absolute Gasteiger partial charge is 0.394 e. The van der Waals surface area contributed by atoms with Crippen molar-refractivity contribution in [3.8, 4) is 0 Å². The molecular formula is C10H18O4. The molecule has 0 aromatic carbocycles. The molecule has 2 rings (SSSR count). The minimum absolute atomic E-state index is 0.0522. The summed E-state index contributed by atoms with van der Waals surface area (Å²) in [6, 6.07) is 0. The number of rotatable bonds is 5. The standard InChI is InChI=1S/C10H18O4/c11-4-6-14-10(7-9-8-12-9)3-1-2-5-13-10/h9,11H,1-8H2. The lowest BCUT2D eigenvalue weighted by molar-refractivity contribution is -0.263. The van der Waals surface area contributed by atoms with E-state index < -0.39 is 5.79 Å². The van der Waals surface area contributed by atoms with E-state index in [0.717, 1.165) is 38.9 Å². The van der Waals surface area contributed by atoms with E-state index >= 15 is 0 Å². The van der Waals surface area contributed by atoms with Crippen molar-refractivity contribution in [2.75, 3.05) is 26.4 Å². The molecule has 2 unspecified atom stereocenters. The van der Waals surface area contributed by atoms with E-state index in [1.807, 2.05) is 0 Å². The monoisotopic (exact) mass is 202 g/mol. The Morgan fingerprint density at radius 2 is 2.29 bits per heavy atom. The molecular weight excluding hydrogens is 184 g/mol. The molecule has 1 N–H and O–H groups in total. The second kappa shape index (κ2) is 4.57. The van der Waals surface area contributed by atoms with E-state index in [0.29, 0.717) is 12.7 Å². The van der Waals surface area contributed by atoms with Crippen LogP contribution in [0.3, 0.4) is 0 Å². The van der Waals surface area contributed by atoms with Crippen LogP contribution in [0.5, 0.6) is 0 Å². The first-order valence-corrected chi connectivity index (χ1v) is 5.35. The summed E-state index contributed by atoms with van der Waals surface area (Å²) in [4.78, 5) is 0. The van der Waals surface area contributed by atoms with Crippen LogP contribution in [0.1, 0.15) is 25.7 Å². The van der Waals surface area contributed by atoms with Gasteiger partial charge in [-0.15, -0.1) is 0 Å². The number of aliphatic hydroxyl groups is 1. The summed E-state index contributed by atoms with van der Waals surface area (Å²) in [5.41, 5.74) is 0. The van der Waals surface area contributed by atoms with Crippen molar-refractivity contribution in [1.82, 2.24) is 0 Å². The molecule has 2 saturated heterocycles. The molecule has 4 nitrogen and oxygen atoms in total. The van der Waals surface area contributed by atoms with E-state index in [1.165, 1.54) is 0 Å². The van der Waals surface area contributed by atoms with Crippen molar-refractivity contribution < 1.29 is 19.3 Å². The fourth-order valence-electron chi connectivity index (χ4n) is 1.92. The molecule has 2 aliphatic rings. The fraction of sp³-hybridized carbons (Fsp3) is 1.00. The maximum Gasteiger partial charge on any atom is 0.170 e. The van der Waals surface area contributed by atoms with Gasteiger partial charge in [0.2, 0.25) is 0 Å². The Hall–Kier alpha value is -0.160. The summed E-state index contributed by atoms with van der Waals surface area (Å²) >= 11 is 0. The lowest BCUT2D eigenvalue weighted by Crippen LogP contribution is -2.41. The highest BCUT2D eigenvalue weighted by molar-refractivity contribution is 4.83. The minimum atomic E-state index is -0.470. The van der Waals surface area contributed by atoms with Gasteiger partial charge in [-0.2, -0.15) is 0 Å². The lowest BCUT2D eigenvalue weighted by atomic mass is 10.0. The lowest BCUT2D eigenvalue weighted by Gasteiger charge is -2.36. The molecule has 14 heavy (non-hydrogen) atoms. The molecule has 2 atom stereocenters. The van der Waals surface area contributed by atoms with Gasteiger partial charge in [0, 0.05) is 12.8 Å². The van der Waals surface area contributed by atoms with E-state index in [2.05, 4.69) is 0 Å². The summed E-state index contributed by atoms with van der Waals surface area (Å²) in [5.74, 6) is -0.470. The third-order valence-electron chi connectivity index (χ3n) is 2.71. The molecule has 2 heterocycles. The van der Waals surface area contributed by atoms with Crippen molar-refractivity contribution in [3.63, 3.8) is 0 Å². The van der Waals surface area contributed by atoms with Gasteiger partial charge >= 0.3 is 0 Å². The smallest absolute Gasteiger partial charge is 0.170 e. The van der Waals surface area contributed by atoms with E-state index in [-0.39, 0.29) is 6.61 Å². The fourth-order valence-corrected chi connectivity index (χ4v) is 1.92. The predicted molar refractivity (Wildman–Crippen MR) is 49.9 cm³/mol. The topological polar surface area (TPSA) is 51.2 Å². The molecule has 2 aliphatic heterocycles. The van der Waals surface area contributed by atoms with Crippen molar-refractivity contribution in [3.05, 3.63) is 0 Å². The summed E-state index contributed by atoms with van der Waals surface area (Å²) in [6.45, 7) is 2.00. The van der Waals surface area contributed by atoms with Crippen molar-refractivity contribution in [2.45, 2.75) is 37.6 Å². The van der Waals surface area contributed by atoms with Gasteiger partial charge in [0.25, 0.3) is 0 Å². The Labute approximate surface area is 84.1 Å². The second-order valence-corrected chi connectivity index (χ2v) is 3.95. The Bertz CT molecular complexity index is 173. The minimum Gasteiger partial charge on any atom is -0.394 e. The quantitative estimate of drug-likeness (QED) is 0.666. The molecule has 2 fully saturated rings. The molecule has 0 spiro atoms. The number of aliphatic hydroxyl groups excluding tert-OH is 1. The molecule has 0 radical (unpaired) electrons. The van der Waals surface area contributed by atoms with Crippen molar-refractivity contribution in [1.29, 1.82) is 0 Å². The van der Waals surface area contributed by atoms with Crippen LogP contribution in [-0.4, -0.2) is 43.4 Å². The van der Waals surface area contributed by atoms with Gasteiger partial charge in [-0.25, -0.2) is 0 Å². The van der Waals surface area contributed by atoms with E-state index in [4.69, 9.17) is 19.3 Å². The summed E-state index contributed by atoms with van der Waals surface area (Å²) < 4.78 is 16.5. The van der Waals surface area contributed by atoms with Crippen LogP contribution >= 0.6 is 0 Å². The normalized spacial score (nSPS) is 37.1. The van der Waals surface area contributed by atoms with Gasteiger partial charge in [-0.1, -0.05) is 0 Å². The molecule has 0 aromatic heterocycles. The van der Waals surface area contributed by atoms with Gasteiger partial charge in [0.1, 0.15) is 0 Å². The third-order valence-corrected chi connectivity index (χ3v) is 2.71. The summed E-state index contributed by atoms with van der Waals surface area (Å²) in [6.07, 6.45) is 4.29. The highest BCUT2D eigenvalue weighted by Crippen LogP contribution is 2.34. The van der Waals surface area contributed by atoms with Crippen LogP contribution in [0, 0.1) is 0 Å². The highest BCUT2D eigenvalue weighted by atomic mass is 16.7. The molecule has 0 aliphatic carbocycles. The first-order valence-electron chi connectivity index (χ1n) is 5.35. The SMILES string of the molecule is OCCOC1(CC2CO2)CCCCO1. The number of hydrogen-bond acceptors (Lipinski definition) is 4. The van der Waals surface area contributed by atoms with Gasteiger partial charge in [-0.05, 0) is 12.8 Å². The van der Waals surface area contributed by atoms with Crippen LogP contribution in [0.25, 0.3) is 0 Å². The summed E-state index contributed by atoms with van der Waals surface area (Å²) in [5, 5.41) is 8.75. The third kappa shape index (κ3) is 2.67. The zero-order valence-electron chi connectivity index (χ0n) is 8.41. The molecule has 82 valence electrons. The van der Waals surface area contributed by atoms with Gasteiger partial charge < -0.3 is 19.3 Å².